The number of piperidine rings is 1. The Morgan fingerprint density at radius 2 is 2.33 bits per heavy atom. The van der Waals surface area contributed by atoms with Gasteiger partial charge in [-0.1, -0.05) is 5.21 Å². The Hall–Kier alpha value is -2.48. The molecule has 5 rings (SSSR count). The van der Waals surface area contributed by atoms with E-state index in [-0.39, 0.29) is 0 Å². The summed E-state index contributed by atoms with van der Waals surface area (Å²) in [6.45, 7) is 4.09. The minimum Gasteiger partial charge on any atom is -0.362 e. The van der Waals surface area contributed by atoms with Gasteiger partial charge in [0.25, 0.3) is 0 Å². The van der Waals surface area contributed by atoms with E-state index in [9.17, 15) is 0 Å². The molecule has 1 aliphatic heterocycles. The van der Waals surface area contributed by atoms with Crippen molar-refractivity contribution in [3.8, 4) is 0 Å². The van der Waals surface area contributed by atoms with Gasteiger partial charge in [-0.3, -0.25) is 0 Å². The molecule has 1 saturated heterocycles. The predicted octanol–water partition coefficient (Wildman–Crippen LogP) is 2.75. The zero-order chi connectivity index (χ0) is 16.1. The van der Waals surface area contributed by atoms with E-state index >= 15 is 0 Å². The van der Waals surface area contributed by atoms with E-state index in [1.807, 2.05) is 13.1 Å². The Morgan fingerprint density at radius 3 is 3.21 bits per heavy atom. The number of aromatic nitrogens is 6. The lowest BCUT2D eigenvalue weighted by atomic mass is 9.94. The van der Waals surface area contributed by atoms with Crippen molar-refractivity contribution in [1.82, 2.24) is 29.2 Å². The maximum Gasteiger partial charge on any atom is 0.141 e. The molecule has 0 bridgehead atoms. The minimum atomic E-state index is 0.374. The number of aromatic amines is 1. The van der Waals surface area contributed by atoms with Crippen LogP contribution >= 0.6 is 11.5 Å². The Bertz CT molecular complexity index is 1010. The van der Waals surface area contributed by atoms with Gasteiger partial charge in [0, 0.05) is 30.6 Å². The highest BCUT2D eigenvalue weighted by molar-refractivity contribution is 7.10. The van der Waals surface area contributed by atoms with Crippen LogP contribution in [0.1, 0.15) is 30.1 Å². The monoisotopic (exact) mass is 339 g/mol. The summed E-state index contributed by atoms with van der Waals surface area (Å²) in [6.07, 6.45) is 5.94. The van der Waals surface area contributed by atoms with Crippen LogP contribution < -0.4 is 4.90 Å². The van der Waals surface area contributed by atoms with Crippen molar-refractivity contribution in [3.63, 3.8) is 0 Å². The van der Waals surface area contributed by atoms with Crippen molar-refractivity contribution >= 4 is 33.1 Å². The molecule has 1 N–H and O–H groups in total. The number of nitrogens with zero attached hydrogens (tertiary/aromatic N) is 6. The van der Waals surface area contributed by atoms with E-state index in [2.05, 4.69) is 41.7 Å². The molecule has 0 spiro atoms. The maximum atomic E-state index is 4.50. The number of hydrogen-bond donors (Lipinski definition) is 1. The van der Waals surface area contributed by atoms with Gasteiger partial charge in [0.2, 0.25) is 0 Å². The molecule has 0 saturated carbocycles. The Balaban J connectivity index is 1.56. The van der Waals surface area contributed by atoms with Crippen LogP contribution in [0.3, 0.4) is 0 Å². The highest BCUT2D eigenvalue weighted by atomic mass is 32.1. The summed E-state index contributed by atoms with van der Waals surface area (Å²) in [5.74, 6) is 0.374. The third-order valence-corrected chi connectivity index (χ3v) is 5.67. The molecule has 1 atom stereocenters. The maximum absolute atomic E-state index is 4.50. The van der Waals surface area contributed by atoms with E-state index in [4.69, 9.17) is 0 Å². The van der Waals surface area contributed by atoms with Gasteiger partial charge in [-0.15, -0.1) is 5.10 Å². The molecular formula is C16H17N7S. The molecule has 24 heavy (non-hydrogen) atoms. The van der Waals surface area contributed by atoms with Crippen LogP contribution in [0.25, 0.3) is 16.6 Å². The van der Waals surface area contributed by atoms with Gasteiger partial charge in [0.05, 0.1) is 11.4 Å². The lowest BCUT2D eigenvalue weighted by molar-refractivity contribution is 0.505. The molecule has 1 aliphatic rings. The SMILES string of the molecule is Cc1cc(N2CCCC(c3nnn4cnc5[nH]ccc5c34)C2)sn1. The Kier molecular flexibility index (Phi) is 3.05. The number of rotatable bonds is 2. The minimum absolute atomic E-state index is 0.374. The first-order valence-corrected chi connectivity index (χ1v) is 8.92. The van der Waals surface area contributed by atoms with Crippen molar-refractivity contribution in [1.29, 1.82) is 0 Å². The van der Waals surface area contributed by atoms with Gasteiger partial charge in [-0.25, -0.2) is 9.50 Å². The second-order valence-electron chi connectivity index (χ2n) is 6.34. The normalized spacial score (nSPS) is 18.7. The van der Waals surface area contributed by atoms with Crippen LogP contribution in [-0.2, 0) is 0 Å². The average molecular weight is 339 g/mol. The molecule has 7 nitrogen and oxygen atoms in total. The van der Waals surface area contributed by atoms with Crippen LogP contribution in [0.5, 0.6) is 0 Å². The molecule has 122 valence electrons. The highest BCUT2D eigenvalue weighted by Gasteiger charge is 2.27. The summed E-state index contributed by atoms with van der Waals surface area (Å²) in [5.41, 5.74) is 4.13. The van der Waals surface area contributed by atoms with Crippen LogP contribution in [0.2, 0.25) is 0 Å². The molecule has 5 heterocycles. The first-order chi connectivity index (χ1) is 11.8. The van der Waals surface area contributed by atoms with Gasteiger partial charge in [0.1, 0.15) is 22.5 Å². The third-order valence-electron chi connectivity index (χ3n) is 4.73. The van der Waals surface area contributed by atoms with E-state index < -0.39 is 0 Å². The molecule has 0 amide bonds. The summed E-state index contributed by atoms with van der Waals surface area (Å²) in [4.78, 5) is 9.98. The lowest BCUT2D eigenvalue weighted by Crippen LogP contribution is -2.34. The zero-order valence-electron chi connectivity index (χ0n) is 13.3. The fourth-order valence-electron chi connectivity index (χ4n) is 3.59. The van der Waals surface area contributed by atoms with Gasteiger partial charge in [0.15, 0.2) is 0 Å². The Morgan fingerprint density at radius 1 is 1.38 bits per heavy atom. The molecule has 0 radical (unpaired) electrons. The number of fused-ring (bicyclic) bond motifs is 3. The van der Waals surface area contributed by atoms with Crippen molar-refractivity contribution in [2.45, 2.75) is 25.7 Å². The van der Waals surface area contributed by atoms with Crippen LogP contribution in [0.4, 0.5) is 5.00 Å². The molecule has 1 fully saturated rings. The molecule has 4 aromatic rings. The van der Waals surface area contributed by atoms with Crippen LogP contribution in [-0.4, -0.2) is 42.3 Å². The standard InChI is InChI=1S/C16H17N7S/c1-10-7-13(24-20-10)22-6-2-3-11(8-22)14-15-12-4-5-17-16(12)18-9-23(15)21-19-14/h4-5,7,9,11,17H,2-3,6,8H2,1H3. The first-order valence-electron chi connectivity index (χ1n) is 8.15. The number of H-pyrrole nitrogens is 1. The van der Waals surface area contributed by atoms with Crippen LogP contribution in [0, 0.1) is 6.92 Å². The first kappa shape index (κ1) is 13.9. The fraction of sp³-hybridized carbons (Fsp3) is 0.375. The van der Waals surface area contributed by atoms with E-state index in [0.29, 0.717) is 5.92 Å². The summed E-state index contributed by atoms with van der Waals surface area (Å²) in [5, 5.41) is 11.1. The highest BCUT2D eigenvalue weighted by Crippen LogP contribution is 2.34. The van der Waals surface area contributed by atoms with Gasteiger partial charge in [-0.05, 0) is 43.4 Å². The summed E-state index contributed by atoms with van der Waals surface area (Å²) in [6, 6.07) is 4.22. The second kappa shape index (κ2) is 5.27. The number of anilines is 1. The molecule has 0 aromatic carbocycles. The second-order valence-corrected chi connectivity index (χ2v) is 7.13. The fourth-order valence-corrected chi connectivity index (χ4v) is 4.39. The largest absolute Gasteiger partial charge is 0.362 e. The predicted molar refractivity (Wildman–Crippen MR) is 93.7 cm³/mol. The van der Waals surface area contributed by atoms with Crippen molar-refractivity contribution in [2.24, 2.45) is 0 Å². The smallest absolute Gasteiger partial charge is 0.141 e. The molecular weight excluding hydrogens is 322 g/mol. The molecule has 1 unspecified atom stereocenters. The van der Waals surface area contributed by atoms with Gasteiger partial charge < -0.3 is 9.88 Å². The van der Waals surface area contributed by atoms with Crippen molar-refractivity contribution in [3.05, 3.63) is 36.0 Å². The van der Waals surface area contributed by atoms with Crippen molar-refractivity contribution in [2.75, 3.05) is 18.0 Å². The van der Waals surface area contributed by atoms with E-state index in [0.717, 1.165) is 53.9 Å². The zero-order valence-corrected chi connectivity index (χ0v) is 14.1. The average Bonchev–Trinajstić information content (AvgIpc) is 3.32. The third kappa shape index (κ3) is 2.10. The summed E-state index contributed by atoms with van der Waals surface area (Å²) >= 11 is 1.58. The Labute approximate surface area is 142 Å². The van der Waals surface area contributed by atoms with Crippen LogP contribution in [0.15, 0.2) is 24.7 Å². The van der Waals surface area contributed by atoms with E-state index in [1.165, 1.54) is 5.00 Å². The quantitative estimate of drug-likeness (QED) is 0.608. The lowest BCUT2D eigenvalue weighted by Gasteiger charge is -2.32. The molecule has 4 aromatic heterocycles. The van der Waals surface area contributed by atoms with E-state index in [1.54, 1.807) is 22.4 Å². The number of nitrogens with one attached hydrogen (secondary N) is 1. The number of hydrogen-bond acceptors (Lipinski definition) is 6. The molecule has 8 heteroatoms. The van der Waals surface area contributed by atoms with Crippen molar-refractivity contribution < 1.29 is 0 Å². The summed E-state index contributed by atoms with van der Waals surface area (Å²) in [7, 11) is 0. The topological polar surface area (TPSA) is 75.0 Å². The molecule has 0 aliphatic carbocycles. The summed E-state index contributed by atoms with van der Waals surface area (Å²) < 4.78 is 6.21. The van der Waals surface area contributed by atoms with Gasteiger partial charge >= 0.3 is 0 Å². The number of aryl methyl sites for hydroxylation is 1. The van der Waals surface area contributed by atoms with Gasteiger partial charge in [-0.2, -0.15) is 4.37 Å².